The molecule has 57 heavy (non-hydrogen) atoms. The van der Waals surface area contributed by atoms with Crippen LogP contribution in [0.4, 0.5) is 0 Å². The molecule has 3 nitrogen and oxygen atoms in total. The Kier molecular flexibility index (Phi) is 6.93. The van der Waals surface area contributed by atoms with Crippen LogP contribution in [0.1, 0.15) is 0 Å². The van der Waals surface area contributed by atoms with E-state index >= 15 is 0 Å². The second-order valence-corrected chi connectivity index (χ2v) is 14.9. The van der Waals surface area contributed by atoms with Gasteiger partial charge >= 0.3 is 0 Å². The second-order valence-electron chi connectivity index (χ2n) is 14.9. The van der Waals surface area contributed by atoms with Gasteiger partial charge in [0, 0.05) is 43.7 Å². The van der Waals surface area contributed by atoms with Gasteiger partial charge in [-0.1, -0.05) is 127 Å². The predicted molar refractivity (Wildman–Crippen MR) is 239 cm³/mol. The fourth-order valence-electron chi connectivity index (χ4n) is 9.01. The number of aromatic nitrogens is 2. The number of furan rings is 1. The maximum Gasteiger partial charge on any atom is 0.135 e. The van der Waals surface area contributed by atoms with Crippen molar-refractivity contribution in [3.63, 3.8) is 0 Å². The van der Waals surface area contributed by atoms with Crippen LogP contribution in [0.5, 0.6) is 0 Å². The predicted octanol–water partition coefficient (Wildman–Crippen LogP) is 14.8. The molecule has 266 valence electrons. The minimum atomic E-state index is 0.874. The summed E-state index contributed by atoms with van der Waals surface area (Å²) in [7, 11) is 0. The average Bonchev–Trinajstić information content (AvgIpc) is 3.93. The van der Waals surface area contributed by atoms with Gasteiger partial charge < -0.3 is 13.6 Å². The van der Waals surface area contributed by atoms with E-state index in [1.807, 2.05) is 0 Å². The first-order valence-electron chi connectivity index (χ1n) is 19.5. The molecule has 3 aromatic heterocycles. The van der Waals surface area contributed by atoms with Crippen LogP contribution in [-0.2, 0) is 0 Å². The first-order valence-corrected chi connectivity index (χ1v) is 19.5. The molecule has 0 unspecified atom stereocenters. The molecule has 0 aliphatic carbocycles. The van der Waals surface area contributed by atoms with Gasteiger partial charge in [0.2, 0.25) is 0 Å². The molecule has 0 saturated heterocycles. The molecule has 0 saturated carbocycles. The van der Waals surface area contributed by atoms with Crippen LogP contribution in [0.25, 0.3) is 110 Å². The van der Waals surface area contributed by atoms with Crippen molar-refractivity contribution in [2.24, 2.45) is 0 Å². The summed E-state index contributed by atoms with van der Waals surface area (Å²) in [5.41, 5.74) is 15.9. The lowest BCUT2D eigenvalue weighted by atomic mass is 10.0. The highest BCUT2D eigenvalue weighted by Gasteiger charge is 2.18. The van der Waals surface area contributed by atoms with Crippen LogP contribution >= 0.6 is 0 Å². The molecule has 3 heterocycles. The molecule has 0 N–H and O–H groups in total. The smallest absolute Gasteiger partial charge is 0.135 e. The summed E-state index contributed by atoms with van der Waals surface area (Å²) in [6.07, 6.45) is 0. The van der Waals surface area contributed by atoms with Crippen molar-refractivity contribution in [1.82, 2.24) is 9.13 Å². The van der Waals surface area contributed by atoms with E-state index < -0.39 is 0 Å². The van der Waals surface area contributed by atoms with Crippen LogP contribution in [0.2, 0.25) is 0 Å². The summed E-state index contributed by atoms with van der Waals surface area (Å²) in [4.78, 5) is 0. The van der Waals surface area contributed by atoms with Crippen molar-refractivity contribution in [2.45, 2.75) is 0 Å². The molecular formula is C54H34N2O. The van der Waals surface area contributed by atoms with Crippen molar-refractivity contribution in [2.75, 3.05) is 0 Å². The largest absolute Gasteiger partial charge is 0.456 e. The van der Waals surface area contributed by atoms with Crippen LogP contribution in [0.3, 0.4) is 0 Å². The fourth-order valence-corrected chi connectivity index (χ4v) is 9.01. The monoisotopic (exact) mass is 726 g/mol. The lowest BCUT2D eigenvalue weighted by molar-refractivity contribution is 0.669. The molecule has 0 aliphatic heterocycles. The summed E-state index contributed by atoms with van der Waals surface area (Å²) >= 11 is 0. The molecule has 0 amide bonds. The third kappa shape index (κ3) is 4.99. The first kappa shape index (κ1) is 31.7. The van der Waals surface area contributed by atoms with E-state index in [1.54, 1.807) is 0 Å². The Morgan fingerprint density at radius 2 is 0.614 bits per heavy atom. The van der Waals surface area contributed by atoms with E-state index in [0.717, 1.165) is 33.3 Å². The Bertz CT molecular complexity index is 3400. The highest BCUT2D eigenvalue weighted by molar-refractivity contribution is 6.14. The zero-order valence-corrected chi connectivity index (χ0v) is 30.9. The van der Waals surface area contributed by atoms with Crippen LogP contribution in [-0.4, -0.2) is 9.13 Å². The molecule has 9 aromatic carbocycles. The van der Waals surface area contributed by atoms with Crippen LogP contribution in [0.15, 0.2) is 211 Å². The van der Waals surface area contributed by atoms with E-state index in [0.29, 0.717) is 0 Å². The van der Waals surface area contributed by atoms with Crippen LogP contribution in [0, 0.1) is 0 Å². The third-order valence-electron chi connectivity index (χ3n) is 11.7. The second kappa shape index (κ2) is 12.5. The van der Waals surface area contributed by atoms with Gasteiger partial charge in [0.1, 0.15) is 11.2 Å². The van der Waals surface area contributed by atoms with Crippen molar-refractivity contribution in [3.8, 4) is 44.8 Å². The number of nitrogens with zero attached hydrogens (tertiary/aromatic N) is 2. The standard InChI is InChI=1S/C54H34N2O/c1-4-12-35(13-5-1)38-20-25-50-44(30-38)43-18-10-11-19-49(43)55(50)41-23-28-53-47(33-41)48-34-42(24-29-54(48)57-53)56-51-26-21-39(36-14-6-2-7-15-36)31-45(51)46-32-40(22-27-52(46)56)37-16-8-3-9-17-37/h1-34H. The zero-order valence-electron chi connectivity index (χ0n) is 30.9. The normalized spacial score (nSPS) is 11.9. The zero-order chi connectivity index (χ0) is 37.5. The Balaban J connectivity index is 1.05. The van der Waals surface area contributed by atoms with E-state index in [4.69, 9.17) is 4.42 Å². The molecule has 0 radical (unpaired) electrons. The van der Waals surface area contributed by atoms with Gasteiger partial charge in [0.15, 0.2) is 0 Å². The molecule has 0 aliphatic rings. The lowest BCUT2D eigenvalue weighted by Gasteiger charge is -2.10. The third-order valence-corrected chi connectivity index (χ3v) is 11.7. The van der Waals surface area contributed by atoms with E-state index in [1.165, 1.54) is 77.0 Å². The topological polar surface area (TPSA) is 23.0 Å². The van der Waals surface area contributed by atoms with Crippen molar-refractivity contribution >= 4 is 65.6 Å². The molecule has 0 atom stereocenters. The quantitative estimate of drug-likeness (QED) is 0.173. The highest BCUT2D eigenvalue weighted by atomic mass is 16.3. The Morgan fingerprint density at radius 1 is 0.246 bits per heavy atom. The number of hydrogen-bond donors (Lipinski definition) is 0. The average molecular weight is 727 g/mol. The van der Waals surface area contributed by atoms with Gasteiger partial charge in [0.25, 0.3) is 0 Å². The molecule has 0 fully saturated rings. The summed E-state index contributed by atoms with van der Waals surface area (Å²) in [6.45, 7) is 0. The van der Waals surface area contributed by atoms with Gasteiger partial charge in [-0.2, -0.15) is 0 Å². The maximum absolute atomic E-state index is 6.52. The number of hydrogen-bond acceptors (Lipinski definition) is 1. The van der Waals surface area contributed by atoms with E-state index in [9.17, 15) is 0 Å². The minimum Gasteiger partial charge on any atom is -0.456 e. The van der Waals surface area contributed by atoms with Gasteiger partial charge in [0.05, 0.1) is 22.1 Å². The summed E-state index contributed by atoms with van der Waals surface area (Å²) in [5, 5.41) is 7.12. The molecule has 12 rings (SSSR count). The SMILES string of the molecule is c1ccc(-c2ccc3c(c2)c2ccccc2n3-c2ccc3oc4ccc(-n5c6ccc(-c7ccccc7)cc6c6cc(-c7ccccc7)ccc65)cc4c3c2)cc1. The van der Waals surface area contributed by atoms with Gasteiger partial charge in [-0.3, -0.25) is 0 Å². The number of benzene rings is 9. The van der Waals surface area contributed by atoms with E-state index in [2.05, 4.69) is 215 Å². The molecule has 3 heteroatoms. The van der Waals surface area contributed by atoms with Crippen molar-refractivity contribution in [3.05, 3.63) is 206 Å². The van der Waals surface area contributed by atoms with Crippen molar-refractivity contribution in [1.29, 1.82) is 0 Å². The highest BCUT2D eigenvalue weighted by Crippen LogP contribution is 2.40. The van der Waals surface area contributed by atoms with Gasteiger partial charge in [-0.15, -0.1) is 0 Å². The summed E-state index contributed by atoms with van der Waals surface area (Å²) in [6, 6.07) is 74.5. The maximum atomic E-state index is 6.52. The fraction of sp³-hybridized carbons (Fsp3) is 0. The number of fused-ring (bicyclic) bond motifs is 9. The van der Waals surface area contributed by atoms with Gasteiger partial charge in [-0.25, -0.2) is 0 Å². The number of para-hydroxylation sites is 1. The summed E-state index contributed by atoms with van der Waals surface area (Å²) in [5.74, 6) is 0. The van der Waals surface area contributed by atoms with Gasteiger partial charge in [-0.05, 0) is 112 Å². The van der Waals surface area contributed by atoms with E-state index in [-0.39, 0.29) is 0 Å². The molecule has 0 bridgehead atoms. The minimum absolute atomic E-state index is 0.874. The molecule has 0 spiro atoms. The Morgan fingerprint density at radius 3 is 1.05 bits per heavy atom. The van der Waals surface area contributed by atoms with Crippen LogP contribution < -0.4 is 0 Å². The summed E-state index contributed by atoms with van der Waals surface area (Å²) < 4.78 is 11.3. The number of rotatable bonds is 5. The molecule has 12 aromatic rings. The Labute approximate surface area is 328 Å². The lowest BCUT2D eigenvalue weighted by Crippen LogP contribution is -1.94. The molecular weight excluding hydrogens is 693 g/mol. The Hall–Kier alpha value is -7.62. The first-order chi connectivity index (χ1) is 28.2. The van der Waals surface area contributed by atoms with Crippen molar-refractivity contribution < 1.29 is 4.42 Å².